The van der Waals surface area contributed by atoms with E-state index < -0.39 is 0 Å². The Morgan fingerprint density at radius 1 is 1.38 bits per heavy atom. The van der Waals surface area contributed by atoms with Crippen molar-refractivity contribution in [1.29, 1.82) is 0 Å². The predicted molar refractivity (Wildman–Crippen MR) is 62.3 cm³/mol. The van der Waals surface area contributed by atoms with E-state index >= 15 is 0 Å². The molecule has 3 nitrogen and oxygen atoms in total. The SMILES string of the molecule is CCCC(=O)O/N=C1/CCc2ccccc21. The van der Waals surface area contributed by atoms with Gasteiger partial charge in [0.05, 0.1) is 5.71 Å². The fourth-order valence-electron chi connectivity index (χ4n) is 1.86. The van der Waals surface area contributed by atoms with E-state index in [1.165, 1.54) is 5.56 Å². The van der Waals surface area contributed by atoms with E-state index in [0.717, 1.165) is 30.5 Å². The van der Waals surface area contributed by atoms with E-state index in [-0.39, 0.29) is 5.97 Å². The molecule has 0 atom stereocenters. The fraction of sp³-hybridized carbons (Fsp3) is 0.385. The summed E-state index contributed by atoms with van der Waals surface area (Å²) in [7, 11) is 0. The molecule has 0 heterocycles. The number of carbonyl (C=O) groups is 1. The van der Waals surface area contributed by atoms with E-state index in [1.54, 1.807) is 0 Å². The molecular weight excluding hydrogens is 202 g/mol. The van der Waals surface area contributed by atoms with Crippen molar-refractivity contribution < 1.29 is 9.63 Å². The van der Waals surface area contributed by atoms with Gasteiger partial charge in [0, 0.05) is 12.0 Å². The van der Waals surface area contributed by atoms with Crippen LogP contribution in [-0.4, -0.2) is 11.7 Å². The quantitative estimate of drug-likeness (QED) is 0.576. The topological polar surface area (TPSA) is 38.7 Å². The Morgan fingerprint density at radius 2 is 2.19 bits per heavy atom. The third-order valence-electron chi connectivity index (χ3n) is 2.67. The Kier molecular flexibility index (Phi) is 3.34. The molecule has 0 bridgehead atoms. The summed E-state index contributed by atoms with van der Waals surface area (Å²) in [6, 6.07) is 8.11. The smallest absolute Gasteiger partial charge is 0.318 e. The van der Waals surface area contributed by atoms with Crippen molar-refractivity contribution in [3.63, 3.8) is 0 Å². The van der Waals surface area contributed by atoms with Crippen LogP contribution in [0.4, 0.5) is 0 Å². The summed E-state index contributed by atoms with van der Waals surface area (Å²) < 4.78 is 0. The Labute approximate surface area is 95.1 Å². The van der Waals surface area contributed by atoms with Gasteiger partial charge in [0.2, 0.25) is 0 Å². The Morgan fingerprint density at radius 3 is 3.00 bits per heavy atom. The lowest BCUT2D eigenvalue weighted by Gasteiger charge is -1.99. The summed E-state index contributed by atoms with van der Waals surface area (Å²) in [4.78, 5) is 16.1. The highest BCUT2D eigenvalue weighted by atomic mass is 16.7. The van der Waals surface area contributed by atoms with Crippen LogP contribution in [0.2, 0.25) is 0 Å². The van der Waals surface area contributed by atoms with Gasteiger partial charge < -0.3 is 4.84 Å². The molecule has 3 heteroatoms. The van der Waals surface area contributed by atoms with Crippen molar-refractivity contribution in [3.8, 4) is 0 Å². The number of oxime groups is 1. The molecule has 1 aliphatic rings. The largest absolute Gasteiger partial charge is 0.335 e. The van der Waals surface area contributed by atoms with E-state index in [4.69, 9.17) is 4.84 Å². The number of hydrogen-bond acceptors (Lipinski definition) is 3. The third-order valence-corrected chi connectivity index (χ3v) is 2.67. The van der Waals surface area contributed by atoms with Gasteiger partial charge in [0.15, 0.2) is 0 Å². The molecule has 0 N–H and O–H groups in total. The fourth-order valence-corrected chi connectivity index (χ4v) is 1.86. The van der Waals surface area contributed by atoms with Gasteiger partial charge >= 0.3 is 5.97 Å². The molecule has 16 heavy (non-hydrogen) atoms. The molecule has 84 valence electrons. The molecule has 2 rings (SSSR count). The summed E-state index contributed by atoms with van der Waals surface area (Å²) in [5.74, 6) is -0.251. The van der Waals surface area contributed by atoms with Gasteiger partial charge in [0.1, 0.15) is 0 Å². The average Bonchev–Trinajstić information content (AvgIpc) is 2.70. The van der Waals surface area contributed by atoms with Gasteiger partial charge in [-0.25, -0.2) is 4.79 Å². The molecule has 0 aliphatic heterocycles. The van der Waals surface area contributed by atoms with Gasteiger partial charge in [-0.05, 0) is 24.8 Å². The Bertz CT molecular complexity index is 424. The van der Waals surface area contributed by atoms with Gasteiger partial charge in [-0.15, -0.1) is 0 Å². The molecule has 0 unspecified atom stereocenters. The number of carbonyl (C=O) groups excluding carboxylic acids is 1. The molecule has 0 radical (unpaired) electrons. The first-order valence-corrected chi connectivity index (χ1v) is 5.66. The van der Waals surface area contributed by atoms with Crippen LogP contribution < -0.4 is 0 Å². The van der Waals surface area contributed by atoms with E-state index in [9.17, 15) is 4.79 Å². The zero-order chi connectivity index (χ0) is 11.4. The molecule has 0 aromatic heterocycles. The highest BCUT2D eigenvalue weighted by Crippen LogP contribution is 2.22. The van der Waals surface area contributed by atoms with Gasteiger partial charge in [-0.2, -0.15) is 0 Å². The molecule has 1 aliphatic carbocycles. The minimum absolute atomic E-state index is 0.251. The number of fused-ring (bicyclic) bond motifs is 1. The average molecular weight is 217 g/mol. The Balaban J connectivity index is 2.07. The lowest BCUT2D eigenvalue weighted by molar-refractivity contribution is -0.143. The van der Waals surface area contributed by atoms with Crippen LogP contribution in [0.15, 0.2) is 29.4 Å². The first-order valence-electron chi connectivity index (χ1n) is 5.66. The molecule has 1 aromatic carbocycles. The molecule has 1 aromatic rings. The maximum absolute atomic E-state index is 11.2. The van der Waals surface area contributed by atoms with Crippen molar-refractivity contribution in [2.24, 2.45) is 5.16 Å². The van der Waals surface area contributed by atoms with E-state index in [1.807, 2.05) is 25.1 Å². The lowest BCUT2D eigenvalue weighted by atomic mass is 10.1. The maximum Gasteiger partial charge on any atom is 0.335 e. The summed E-state index contributed by atoms with van der Waals surface area (Å²) in [5, 5.41) is 3.95. The molecule has 0 amide bonds. The second-order valence-corrected chi connectivity index (χ2v) is 3.91. The van der Waals surface area contributed by atoms with Crippen molar-refractivity contribution in [2.75, 3.05) is 0 Å². The third kappa shape index (κ3) is 2.30. The number of nitrogens with zero attached hydrogens (tertiary/aromatic N) is 1. The van der Waals surface area contributed by atoms with Gasteiger partial charge in [-0.1, -0.05) is 36.3 Å². The van der Waals surface area contributed by atoms with E-state index in [2.05, 4.69) is 11.2 Å². The van der Waals surface area contributed by atoms with Crippen LogP contribution in [0.5, 0.6) is 0 Å². The standard InChI is InChI=1S/C13H15NO2/c1-2-5-13(15)16-14-12-9-8-10-6-3-4-7-11(10)12/h3-4,6-7H,2,5,8-9H2,1H3/b14-12-. The van der Waals surface area contributed by atoms with E-state index in [0.29, 0.717) is 6.42 Å². The van der Waals surface area contributed by atoms with Gasteiger partial charge in [-0.3, -0.25) is 0 Å². The predicted octanol–water partition coefficient (Wildman–Crippen LogP) is 2.68. The van der Waals surface area contributed by atoms with Crippen LogP contribution in [0, 0.1) is 0 Å². The zero-order valence-corrected chi connectivity index (χ0v) is 9.40. The summed E-state index contributed by atoms with van der Waals surface area (Å²) in [5.41, 5.74) is 3.29. The number of aryl methyl sites for hydroxylation is 1. The minimum atomic E-state index is -0.251. The van der Waals surface area contributed by atoms with Crippen molar-refractivity contribution >= 4 is 11.7 Å². The maximum atomic E-state index is 11.2. The second-order valence-electron chi connectivity index (χ2n) is 3.91. The monoisotopic (exact) mass is 217 g/mol. The highest BCUT2D eigenvalue weighted by molar-refractivity contribution is 6.04. The van der Waals surface area contributed by atoms with Crippen molar-refractivity contribution in [1.82, 2.24) is 0 Å². The van der Waals surface area contributed by atoms with Crippen molar-refractivity contribution in [3.05, 3.63) is 35.4 Å². The summed E-state index contributed by atoms with van der Waals surface area (Å²) in [6.45, 7) is 1.94. The van der Waals surface area contributed by atoms with Crippen LogP contribution in [0.3, 0.4) is 0 Å². The van der Waals surface area contributed by atoms with Crippen molar-refractivity contribution in [2.45, 2.75) is 32.6 Å². The first kappa shape index (κ1) is 10.9. The molecule has 0 fully saturated rings. The first-order chi connectivity index (χ1) is 7.81. The summed E-state index contributed by atoms with van der Waals surface area (Å²) in [6.07, 6.45) is 3.07. The molecule has 0 saturated heterocycles. The van der Waals surface area contributed by atoms with Crippen LogP contribution in [-0.2, 0) is 16.1 Å². The van der Waals surface area contributed by atoms with Gasteiger partial charge in [0.25, 0.3) is 0 Å². The summed E-state index contributed by atoms with van der Waals surface area (Å²) >= 11 is 0. The number of hydrogen-bond donors (Lipinski definition) is 0. The molecule has 0 saturated carbocycles. The Hall–Kier alpha value is -1.64. The van der Waals surface area contributed by atoms with Crippen LogP contribution in [0.1, 0.15) is 37.3 Å². The molecular formula is C13H15NO2. The zero-order valence-electron chi connectivity index (χ0n) is 9.40. The van der Waals surface area contributed by atoms with Crippen LogP contribution >= 0.6 is 0 Å². The highest BCUT2D eigenvalue weighted by Gasteiger charge is 2.17. The lowest BCUT2D eigenvalue weighted by Crippen LogP contribution is -2.02. The minimum Gasteiger partial charge on any atom is -0.318 e. The number of rotatable bonds is 3. The number of benzene rings is 1. The van der Waals surface area contributed by atoms with Crippen LogP contribution in [0.25, 0.3) is 0 Å². The normalized spacial score (nSPS) is 16.2. The molecule has 0 spiro atoms. The second kappa shape index (κ2) is 4.92.